The van der Waals surface area contributed by atoms with Crippen LogP contribution in [0.15, 0.2) is 22.7 Å². The number of rotatable bonds is 3. The first-order chi connectivity index (χ1) is 7.43. The third-order valence-electron chi connectivity index (χ3n) is 1.90. The molecule has 0 fully saturated rings. The van der Waals surface area contributed by atoms with Gasteiger partial charge in [-0.2, -0.15) is 0 Å². The van der Waals surface area contributed by atoms with Gasteiger partial charge in [-0.1, -0.05) is 6.07 Å². The number of likely N-dealkylation sites (N-methyl/N-ethyl adjacent to an activating group) is 1. The largest absolute Gasteiger partial charge is 0.480 e. The van der Waals surface area contributed by atoms with Crippen molar-refractivity contribution < 1.29 is 19.1 Å². The molecule has 0 saturated carbocycles. The van der Waals surface area contributed by atoms with E-state index in [0.29, 0.717) is 0 Å². The van der Waals surface area contributed by atoms with Crippen LogP contribution in [-0.2, 0) is 4.79 Å². The van der Waals surface area contributed by atoms with Crippen LogP contribution in [-0.4, -0.2) is 35.5 Å². The summed E-state index contributed by atoms with van der Waals surface area (Å²) in [5.74, 6) is -2.50. The predicted molar refractivity (Wildman–Crippen MR) is 58.7 cm³/mol. The summed E-state index contributed by atoms with van der Waals surface area (Å²) in [6, 6.07) is 4.28. The Morgan fingerprint density at radius 2 is 2.12 bits per heavy atom. The van der Waals surface area contributed by atoms with Gasteiger partial charge in [0, 0.05) is 7.05 Å². The maximum Gasteiger partial charge on any atom is 0.323 e. The van der Waals surface area contributed by atoms with E-state index in [1.54, 1.807) is 0 Å². The van der Waals surface area contributed by atoms with Gasteiger partial charge in [-0.3, -0.25) is 9.59 Å². The molecule has 0 radical (unpaired) electrons. The van der Waals surface area contributed by atoms with Crippen molar-refractivity contribution in [1.82, 2.24) is 4.90 Å². The van der Waals surface area contributed by atoms with Crippen LogP contribution in [0.1, 0.15) is 10.4 Å². The van der Waals surface area contributed by atoms with Crippen LogP contribution in [0.2, 0.25) is 0 Å². The average molecular weight is 290 g/mol. The van der Waals surface area contributed by atoms with E-state index >= 15 is 0 Å². The van der Waals surface area contributed by atoms with E-state index in [2.05, 4.69) is 15.9 Å². The zero-order chi connectivity index (χ0) is 12.3. The first-order valence-electron chi connectivity index (χ1n) is 4.34. The Bertz CT molecular complexity index is 436. The van der Waals surface area contributed by atoms with E-state index in [9.17, 15) is 14.0 Å². The van der Waals surface area contributed by atoms with Crippen molar-refractivity contribution in [2.45, 2.75) is 0 Å². The first-order valence-corrected chi connectivity index (χ1v) is 5.14. The number of hydrogen-bond acceptors (Lipinski definition) is 2. The molecule has 0 aromatic heterocycles. The van der Waals surface area contributed by atoms with Crippen molar-refractivity contribution in [3.8, 4) is 0 Å². The molecule has 16 heavy (non-hydrogen) atoms. The molecular weight excluding hydrogens is 281 g/mol. The van der Waals surface area contributed by atoms with Crippen LogP contribution in [0.4, 0.5) is 4.39 Å². The van der Waals surface area contributed by atoms with Gasteiger partial charge in [0.15, 0.2) is 0 Å². The molecule has 0 atom stereocenters. The number of carbonyl (C=O) groups excluding carboxylic acids is 1. The quantitative estimate of drug-likeness (QED) is 0.922. The lowest BCUT2D eigenvalue weighted by Gasteiger charge is -2.15. The lowest BCUT2D eigenvalue weighted by atomic mass is 10.2. The van der Waals surface area contributed by atoms with E-state index in [4.69, 9.17) is 5.11 Å². The number of hydrogen-bond donors (Lipinski definition) is 1. The molecular formula is C10H9BrFNO3. The zero-order valence-corrected chi connectivity index (χ0v) is 9.99. The number of benzene rings is 1. The number of carboxylic acids is 1. The molecule has 1 rings (SSSR count). The van der Waals surface area contributed by atoms with Gasteiger partial charge in [0.05, 0.1) is 10.0 Å². The molecule has 0 saturated heterocycles. The monoisotopic (exact) mass is 289 g/mol. The molecule has 1 aromatic rings. The number of aliphatic carboxylic acids is 1. The minimum atomic E-state index is -1.15. The number of halogens is 2. The fraction of sp³-hybridized carbons (Fsp3) is 0.200. The standard InChI is InChI=1S/C10H9BrFNO3/c1-13(5-8(14)15)10(16)6-3-2-4-7(11)9(6)12/h2-4H,5H2,1H3,(H,14,15). The summed E-state index contributed by atoms with van der Waals surface area (Å²) >= 11 is 2.95. The number of carboxylic acid groups (broad SMARTS) is 1. The van der Waals surface area contributed by atoms with E-state index in [1.807, 2.05) is 0 Å². The van der Waals surface area contributed by atoms with Crippen molar-refractivity contribution in [3.05, 3.63) is 34.1 Å². The Kier molecular flexibility index (Phi) is 4.00. The number of nitrogens with zero attached hydrogens (tertiary/aromatic N) is 1. The Morgan fingerprint density at radius 3 is 2.69 bits per heavy atom. The van der Waals surface area contributed by atoms with Crippen LogP contribution in [0.5, 0.6) is 0 Å². The third kappa shape index (κ3) is 2.79. The smallest absolute Gasteiger partial charge is 0.323 e. The predicted octanol–water partition coefficient (Wildman–Crippen LogP) is 1.74. The minimum Gasteiger partial charge on any atom is -0.480 e. The molecule has 1 amide bonds. The summed E-state index contributed by atoms with van der Waals surface area (Å²) in [6.07, 6.45) is 0. The summed E-state index contributed by atoms with van der Waals surface area (Å²) in [5.41, 5.74) is -0.155. The Balaban J connectivity index is 2.96. The lowest BCUT2D eigenvalue weighted by Crippen LogP contribution is -2.32. The second-order valence-electron chi connectivity index (χ2n) is 3.16. The number of carbonyl (C=O) groups is 2. The van der Waals surface area contributed by atoms with Crippen LogP contribution < -0.4 is 0 Å². The van der Waals surface area contributed by atoms with Crippen molar-refractivity contribution >= 4 is 27.8 Å². The maximum absolute atomic E-state index is 13.5. The molecule has 0 bridgehead atoms. The van der Waals surface area contributed by atoms with Gasteiger partial charge in [-0.15, -0.1) is 0 Å². The Morgan fingerprint density at radius 1 is 1.50 bits per heavy atom. The van der Waals surface area contributed by atoms with Crippen LogP contribution in [0, 0.1) is 5.82 Å². The summed E-state index contributed by atoms with van der Waals surface area (Å²) in [5, 5.41) is 8.51. The van der Waals surface area contributed by atoms with E-state index < -0.39 is 24.2 Å². The average Bonchev–Trinajstić information content (AvgIpc) is 2.20. The summed E-state index contributed by atoms with van der Waals surface area (Å²) in [7, 11) is 1.30. The van der Waals surface area contributed by atoms with Gasteiger partial charge in [0.1, 0.15) is 12.4 Å². The second-order valence-corrected chi connectivity index (χ2v) is 4.01. The van der Waals surface area contributed by atoms with Crippen LogP contribution in [0.3, 0.4) is 0 Å². The molecule has 0 spiro atoms. The first kappa shape index (κ1) is 12.6. The van der Waals surface area contributed by atoms with Gasteiger partial charge in [-0.05, 0) is 28.1 Å². The maximum atomic E-state index is 13.5. The van der Waals surface area contributed by atoms with Crippen molar-refractivity contribution in [3.63, 3.8) is 0 Å². The third-order valence-corrected chi connectivity index (χ3v) is 2.51. The van der Waals surface area contributed by atoms with Gasteiger partial charge in [0.25, 0.3) is 5.91 Å². The van der Waals surface area contributed by atoms with E-state index in [1.165, 1.54) is 25.2 Å². The van der Waals surface area contributed by atoms with Gasteiger partial charge in [-0.25, -0.2) is 4.39 Å². The summed E-state index contributed by atoms with van der Waals surface area (Å²) in [4.78, 5) is 23.0. The highest BCUT2D eigenvalue weighted by Crippen LogP contribution is 2.19. The second kappa shape index (κ2) is 5.07. The van der Waals surface area contributed by atoms with Crippen LogP contribution >= 0.6 is 15.9 Å². The van der Waals surface area contributed by atoms with Crippen molar-refractivity contribution in [2.24, 2.45) is 0 Å². The SMILES string of the molecule is CN(CC(=O)O)C(=O)c1cccc(Br)c1F. The molecule has 6 heteroatoms. The topological polar surface area (TPSA) is 57.6 Å². The molecule has 0 unspecified atom stereocenters. The molecule has 1 N–H and O–H groups in total. The highest BCUT2D eigenvalue weighted by atomic mass is 79.9. The van der Waals surface area contributed by atoms with Gasteiger partial charge in [0.2, 0.25) is 0 Å². The summed E-state index contributed by atoms with van der Waals surface area (Å²) < 4.78 is 13.7. The molecule has 0 aliphatic carbocycles. The molecule has 0 aliphatic rings. The normalized spacial score (nSPS) is 9.94. The lowest BCUT2D eigenvalue weighted by molar-refractivity contribution is -0.137. The highest BCUT2D eigenvalue weighted by Gasteiger charge is 2.19. The van der Waals surface area contributed by atoms with Crippen LogP contribution in [0.25, 0.3) is 0 Å². The Hall–Kier alpha value is -1.43. The van der Waals surface area contributed by atoms with Gasteiger partial charge < -0.3 is 10.0 Å². The minimum absolute atomic E-state index is 0.155. The fourth-order valence-electron chi connectivity index (χ4n) is 1.15. The molecule has 0 aliphatic heterocycles. The molecule has 0 heterocycles. The Labute approximate surface area is 99.8 Å². The molecule has 86 valence electrons. The van der Waals surface area contributed by atoms with Gasteiger partial charge >= 0.3 is 5.97 Å². The fourth-order valence-corrected chi connectivity index (χ4v) is 1.52. The summed E-state index contributed by atoms with van der Waals surface area (Å²) in [6.45, 7) is -0.467. The molecule has 1 aromatic carbocycles. The number of amides is 1. The van der Waals surface area contributed by atoms with E-state index in [-0.39, 0.29) is 10.0 Å². The van der Waals surface area contributed by atoms with Crippen molar-refractivity contribution in [2.75, 3.05) is 13.6 Å². The zero-order valence-electron chi connectivity index (χ0n) is 8.41. The van der Waals surface area contributed by atoms with E-state index in [0.717, 1.165) is 4.90 Å². The highest BCUT2D eigenvalue weighted by molar-refractivity contribution is 9.10. The van der Waals surface area contributed by atoms with Crippen molar-refractivity contribution in [1.29, 1.82) is 0 Å². The molecule has 4 nitrogen and oxygen atoms in total.